The number of halogens is 3. The Kier molecular flexibility index (Phi) is 4.10. The fourth-order valence-corrected chi connectivity index (χ4v) is 0.907. The zero-order valence-corrected chi connectivity index (χ0v) is 7.97. The van der Waals surface area contributed by atoms with Crippen LogP contribution in [0, 0.1) is 11.6 Å². The monoisotopic (exact) mass is 222 g/mol. The highest BCUT2D eigenvalue weighted by Gasteiger charge is 2.07. The molecule has 1 rings (SSSR count). The minimum atomic E-state index is -0.890. The van der Waals surface area contributed by atoms with E-state index in [4.69, 9.17) is 21.4 Å². The minimum absolute atomic E-state index is 0.0169. The van der Waals surface area contributed by atoms with E-state index in [-0.39, 0.29) is 18.2 Å². The second kappa shape index (κ2) is 5.12. The van der Waals surface area contributed by atoms with Crippen LogP contribution in [0.5, 0.6) is 5.75 Å². The molecule has 0 heterocycles. The first kappa shape index (κ1) is 11.2. The van der Waals surface area contributed by atoms with Crippen molar-refractivity contribution in [2.24, 2.45) is 0 Å². The largest absolute Gasteiger partial charge is 0.488 e. The van der Waals surface area contributed by atoms with Gasteiger partial charge in [0.25, 0.3) is 0 Å². The van der Waals surface area contributed by atoms with Crippen molar-refractivity contribution < 1.29 is 18.6 Å². The molecule has 1 atom stereocenters. The molecule has 1 aromatic rings. The van der Waals surface area contributed by atoms with E-state index in [1.807, 2.05) is 0 Å². The van der Waals surface area contributed by atoms with E-state index in [1.54, 1.807) is 0 Å². The van der Waals surface area contributed by atoms with Gasteiger partial charge in [0.15, 0.2) is 11.6 Å². The third-order valence-electron chi connectivity index (χ3n) is 1.50. The van der Waals surface area contributed by atoms with Gasteiger partial charge in [-0.25, -0.2) is 8.78 Å². The second-order valence-electron chi connectivity index (χ2n) is 2.69. The summed E-state index contributed by atoms with van der Waals surface area (Å²) in [4.78, 5) is 0. The van der Waals surface area contributed by atoms with Crippen LogP contribution in [0.3, 0.4) is 0 Å². The summed E-state index contributed by atoms with van der Waals surface area (Å²) in [5, 5.41) is 9.01. The van der Waals surface area contributed by atoms with Crippen molar-refractivity contribution in [2.75, 3.05) is 12.5 Å². The molecule has 0 spiro atoms. The molecule has 0 radical (unpaired) electrons. The maximum atomic E-state index is 12.9. The normalized spacial score (nSPS) is 12.6. The first-order valence-electron chi connectivity index (χ1n) is 3.95. The first-order valence-corrected chi connectivity index (χ1v) is 4.49. The summed E-state index contributed by atoms with van der Waals surface area (Å²) in [6.45, 7) is -0.163. The highest BCUT2D eigenvalue weighted by atomic mass is 35.5. The van der Waals surface area contributed by atoms with Crippen molar-refractivity contribution in [3.63, 3.8) is 0 Å². The van der Waals surface area contributed by atoms with Gasteiger partial charge in [0.05, 0.1) is 5.88 Å². The summed E-state index contributed by atoms with van der Waals surface area (Å²) < 4.78 is 30.4. The highest BCUT2D eigenvalue weighted by molar-refractivity contribution is 6.18. The Hall–Kier alpha value is -0.870. The summed E-state index contributed by atoms with van der Waals surface area (Å²) in [5.74, 6) is -1.51. The molecule has 0 aliphatic rings. The lowest BCUT2D eigenvalue weighted by atomic mass is 10.3. The fraction of sp³-hybridized carbons (Fsp3) is 0.333. The van der Waals surface area contributed by atoms with E-state index in [9.17, 15) is 8.78 Å². The Morgan fingerprint density at radius 3 is 2.79 bits per heavy atom. The predicted octanol–water partition coefficient (Wildman–Crippen LogP) is 1.94. The third kappa shape index (κ3) is 3.12. The first-order chi connectivity index (χ1) is 6.63. The lowest BCUT2D eigenvalue weighted by Gasteiger charge is -2.09. The number of ether oxygens (including phenoxy) is 1. The minimum Gasteiger partial charge on any atom is -0.488 e. The van der Waals surface area contributed by atoms with Gasteiger partial charge in [0.1, 0.15) is 18.5 Å². The molecule has 5 heteroatoms. The van der Waals surface area contributed by atoms with Gasteiger partial charge >= 0.3 is 0 Å². The number of rotatable bonds is 4. The van der Waals surface area contributed by atoms with E-state index < -0.39 is 17.7 Å². The molecule has 1 aromatic carbocycles. The van der Waals surface area contributed by atoms with Crippen LogP contribution in [0.1, 0.15) is 0 Å². The maximum absolute atomic E-state index is 12.9. The number of hydrogen-bond donors (Lipinski definition) is 1. The summed E-state index contributed by atoms with van der Waals surface area (Å²) in [6, 6.07) is 2.86. The highest BCUT2D eigenvalue weighted by Crippen LogP contribution is 2.17. The molecule has 0 fully saturated rings. The van der Waals surface area contributed by atoms with Gasteiger partial charge in [-0.05, 0) is 12.1 Å². The molecule has 14 heavy (non-hydrogen) atoms. The number of aliphatic hydroxyl groups excluding tert-OH is 1. The SMILES string of the molecule is OC(CCl)COc1cc(F)ccc1F. The summed E-state index contributed by atoms with van der Waals surface area (Å²) in [7, 11) is 0. The molecule has 0 aromatic heterocycles. The molecule has 1 unspecified atom stereocenters. The van der Waals surface area contributed by atoms with E-state index in [1.165, 1.54) is 0 Å². The average Bonchev–Trinajstić information content (AvgIpc) is 2.19. The third-order valence-corrected chi connectivity index (χ3v) is 1.86. The topological polar surface area (TPSA) is 29.5 Å². The van der Waals surface area contributed by atoms with Gasteiger partial charge in [-0.15, -0.1) is 11.6 Å². The molecule has 0 amide bonds. The van der Waals surface area contributed by atoms with Crippen molar-refractivity contribution in [3.8, 4) is 5.75 Å². The van der Waals surface area contributed by atoms with E-state index in [2.05, 4.69) is 0 Å². The van der Waals surface area contributed by atoms with Gasteiger partial charge in [-0.2, -0.15) is 0 Å². The lowest BCUT2D eigenvalue weighted by molar-refractivity contribution is 0.122. The molecule has 0 saturated carbocycles. The van der Waals surface area contributed by atoms with Gasteiger partial charge < -0.3 is 9.84 Å². The molecule has 1 N–H and O–H groups in total. The van der Waals surface area contributed by atoms with Crippen molar-refractivity contribution >= 4 is 11.6 Å². The van der Waals surface area contributed by atoms with Gasteiger partial charge in [0, 0.05) is 6.07 Å². The molecule has 0 bridgehead atoms. The van der Waals surface area contributed by atoms with Gasteiger partial charge in [-0.1, -0.05) is 0 Å². The van der Waals surface area contributed by atoms with E-state index in [0.717, 1.165) is 18.2 Å². The van der Waals surface area contributed by atoms with Crippen LogP contribution in [0.25, 0.3) is 0 Å². The van der Waals surface area contributed by atoms with Gasteiger partial charge in [0.2, 0.25) is 0 Å². The van der Waals surface area contributed by atoms with Crippen molar-refractivity contribution in [1.29, 1.82) is 0 Å². The molecule has 0 aliphatic heterocycles. The molecular weight excluding hydrogens is 214 g/mol. The summed E-state index contributed by atoms with van der Waals surface area (Å²) in [6.07, 6.45) is -0.890. The lowest BCUT2D eigenvalue weighted by Crippen LogP contribution is -2.19. The standard InChI is InChI=1S/C9H9ClF2O2/c10-4-7(13)5-14-9-3-6(11)1-2-8(9)12/h1-3,7,13H,4-5H2. The predicted molar refractivity (Wildman–Crippen MR) is 48.6 cm³/mol. The Balaban J connectivity index is 2.62. The van der Waals surface area contributed by atoms with E-state index >= 15 is 0 Å². The van der Waals surface area contributed by atoms with Crippen LogP contribution in [-0.4, -0.2) is 23.7 Å². The van der Waals surface area contributed by atoms with Crippen molar-refractivity contribution in [1.82, 2.24) is 0 Å². The Labute approximate surface area is 85.1 Å². The summed E-state index contributed by atoms with van der Waals surface area (Å²) >= 11 is 5.29. The smallest absolute Gasteiger partial charge is 0.165 e. The van der Waals surface area contributed by atoms with Crippen LogP contribution >= 0.6 is 11.6 Å². The quantitative estimate of drug-likeness (QED) is 0.789. The Bertz CT molecular complexity index is 307. The fourth-order valence-electron chi connectivity index (χ4n) is 0.818. The molecule has 0 saturated heterocycles. The average molecular weight is 223 g/mol. The van der Waals surface area contributed by atoms with Crippen LogP contribution in [0.15, 0.2) is 18.2 Å². The van der Waals surface area contributed by atoms with Crippen LogP contribution < -0.4 is 4.74 Å². The van der Waals surface area contributed by atoms with Crippen molar-refractivity contribution in [3.05, 3.63) is 29.8 Å². The van der Waals surface area contributed by atoms with Crippen LogP contribution in [0.4, 0.5) is 8.78 Å². The molecule has 2 nitrogen and oxygen atoms in total. The van der Waals surface area contributed by atoms with E-state index in [0.29, 0.717) is 0 Å². The molecular formula is C9H9ClF2O2. The number of aliphatic hydroxyl groups is 1. The summed E-state index contributed by atoms with van der Waals surface area (Å²) in [5.41, 5.74) is 0. The van der Waals surface area contributed by atoms with Crippen molar-refractivity contribution in [2.45, 2.75) is 6.10 Å². The Morgan fingerprint density at radius 2 is 2.14 bits per heavy atom. The van der Waals surface area contributed by atoms with Crippen LogP contribution in [0.2, 0.25) is 0 Å². The molecule has 78 valence electrons. The zero-order valence-electron chi connectivity index (χ0n) is 7.21. The molecule has 0 aliphatic carbocycles. The second-order valence-corrected chi connectivity index (χ2v) is 3.00. The van der Waals surface area contributed by atoms with Gasteiger partial charge in [-0.3, -0.25) is 0 Å². The number of alkyl halides is 1. The Morgan fingerprint density at radius 1 is 1.43 bits per heavy atom. The number of hydrogen-bond acceptors (Lipinski definition) is 2. The number of benzene rings is 1. The zero-order chi connectivity index (χ0) is 10.6. The maximum Gasteiger partial charge on any atom is 0.165 e. The van der Waals surface area contributed by atoms with Crippen LogP contribution in [-0.2, 0) is 0 Å².